The molecule has 0 aliphatic heterocycles. The minimum Gasteiger partial charge on any atom is -0.478 e. The van der Waals surface area contributed by atoms with E-state index >= 15 is 0 Å². The van der Waals surface area contributed by atoms with Crippen LogP contribution < -0.4 is 5.32 Å². The summed E-state index contributed by atoms with van der Waals surface area (Å²) in [6, 6.07) is 13.8. The van der Waals surface area contributed by atoms with Gasteiger partial charge in [0, 0.05) is 15.1 Å². The molecule has 2 N–H and O–H groups in total. The Morgan fingerprint density at radius 1 is 1.05 bits per heavy atom. The van der Waals surface area contributed by atoms with Gasteiger partial charge in [0.15, 0.2) is 0 Å². The quantitative estimate of drug-likeness (QED) is 0.789. The smallest absolute Gasteiger partial charge is 0.335 e. The number of nitrogens with one attached hydrogen (secondary N) is 1. The van der Waals surface area contributed by atoms with Crippen molar-refractivity contribution in [2.24, 2.45) is 0 Å². The Bertz CT molecular complexity index is 641. The number of carbonyl (C=O) groups is 2. The van der Waals surface area contributed by atoms with Gasteiger partial charge in [-0.1, -0.05) is 15.9 Å². The number of carboxylic acids is 1. The molecule has 1 amide bonds. The van der Waals surface area contributed by atoms with Gasteiger partial charge in [0.25, 0.3) is 0 Å². The third kappa shape index (κ3) is 4.91. The highest BCUT2D eigenvalue weighted by Crippen LogP contribution is 2.19. The maximum absolute atomic E-state index is 11.8. The number of thioether (sulfide) groups is 1. The summed E-state index contributed by atoms with van der Waals surface area (Å²) in [5.41, 5.74) is 0.976. The minimum absolute atomic E-state index is 0.107. The number of carboxylic acid groups (broad SMARTS) is 1. The van der Waals surface area contributed by atoms with E-state index < -0.39 is 5.97 Å². The lowest BCUT2D eigenvalue weighted by Crippen LogP contribution is -2.13. The van der Waals surface area contributed by atoms with Gasteiger partial charge in [-0.05, 0) is 48.5 Å². The zero-order valence-electron chi connectivity index (χ0n) is 10.9. The molecule has 4 nitrogen and oxygen atoms in total. The lowest BCUT2D eigenvalue weighted by Gasteiger charge is -2.05. The van der Waals surface area contributed by atoms with E-state index in [1.165, 1.54) is 23.9 Å². The van der Waals surface area contributed by atoms with Gasteiger partial charge >= 0.3 is 5.97 Å². The molecule has 0 spiro atoms. The van der Waals surface area contributed by atoms with Crippen molar-refractivity contribution in [1.29, 1.82) is 0 Å². The fourth-order valence-corrected chi connectivity index (χ4v) is 2.54. The second kappa shape index (κ2) is 7.28. The molecular formula is C15H12BrNO3S. The number of aromatic carboxylic acids is 1. The van der Waals surface area contributed by atoms with Gasteiger partial charge in [0.1, 0.15) is 0 Å². The van der Waals surface area contributed by atoms with Crippen molar-refractivity contribution in [3.63, 3.8) is 0 Å². The predicted molar refractivity (Wildman–Crippen MR) is 86.9 cm³/mol. The van der Waals surface area contributed by atoms with E-state index in [9.17, 15) is 9.59 Å². The predicted octanol–water partition coefficient (Wildman–Crippen LogP) is 3.88. The number of benzene rings is 2. The van der Waals surface area contributed by atoms with Gasteiger partial charge in [0.05, 0.1) is 11.3 Å². The summed E-state index contributed by atoms with van der Waals surface area (Å²) in [6.07, 6.45) is 0. The van der Waals surface area contributed by atoms with E-state index in [2.05, 4.69) is 21.2 Å². The van der Waals surface area contributed by atoms with Crippen molar-refractivity contribution >= 4 is 45.3 Å². The van der Waals surface area contributed by atoms with E-state index in [1.54, 1.807) is 12.1 Å². The van der Waals surface area contributed by atoms with E-state index in [0.29, 0.717) is 0 Å². The lowest BCUT2D eigenvalue weighted by molar-refractivity contribution is -0.113. The van der Waals surface area contributed by atoms with E-state index in [1.807, 2.05) is 24.3 Å². The normalized spacial score (nSPS) is 10.1. The number of hydrogen-bond donors (Lipinski definition) is 2. The van der Waals surface area contributed by atoms with Crippen LogP contribution in [0.2, 0.25) is 0 Å². The average Bonchev–Trinajstić information content (AvgIpc) is 2.48. The highest BCUT2D eigenvalue weighted by Gasteiger charge is 2.05. The third-order valence-corrected chi connectivity index (χ3v) is 4.14. The lowest BCUT2D eigenvalue weighted by atomic mass is 10.2. The summed E-state index contributed by atoms with van der Waals surface area (Å²) in [5.74, 6) is -0.799. The molecular weight excluding hydrogens is 354 g/mol. The van der Waals surface area contributed by atoms with Crippen molar-refractivity contribution in [3.8, 4) is 0 Å². The number of rotatable bonds is 5. The van der Waals surface area contributed by atoms with Crippen LogP contribution in [0.1, 0.15) is 10.4 Å². The van der Waals surface area contributed by atoms with Crippen LogP contribution >= 0.6 is 27.7 Å². The van der Waals surface area contributed by atoms with Gasteiger partial charge in [0.2, 0.25) is 5.91 Å². The van der Waals surface area contributed by atoms with Crippen LogP contribution in [0.15, 0.2) is 57.9 Å². The summed E-state index contributed by atoms with van der Waals surface area (Å²) >= 11 is 4.69. The average molecular weight is 366 g/mol. The molecule has 2 aromatic rings. The summed E-state index contributed by atoms with van der Waals surface area (Å²) in [7, 11) is 0. The second-order valence-corrected chi connectivity index (χ2v) is 6.14. The molecule has 6 heteroatoms. The summed E-state index contributed by atoms with van der Waals surface area (Å²) in [6.45, 7) is 0. The van der Waals surface area contributed by atoms with Gasteiger partial charge in [-0.15, -0.1) is 11.8 Å². The maximum Gasteiger partial charge on any atom is 0.335 e. The highest BCUT2D eigenvalue weighted by molar-refractivity contribution is 9.10. The summed E-state index contributed by atoms with van der Waals surface area (Å²) < 4.78 is 0.952. The van der Waals surface area contributed by atoms with Crippen molar-refractivity contribution in [3.05, 3.63) is 58.6 Å². The van der Waals surface area contributed by atoms with Crippen LogP contribution in [-0.2, 0) is 4.79 Å². The number of carbonyl (C=O) groups excluding carboxylic acids is 1. The number of hydrogen-bond acceptors (Lipinski definition) is 3. The molecule has 2 aromatic carbocycles. The van der Waals surface area contributed by atoms with Crippen molar-refractivity contribution < 1.29 is 14.7 Å². The van der Waals surface area contributed by atoms with Crippen LogP contribution in [0.5, 0.6) is 0 Å². The molecule has 0 unspecified atom stereocenters. The minimum atomic E-state index is -0.959. The fraction of sp³-hybridized carbons (Fsp3) is 0.0667. The Kier molecular flexibility index (Phi) is 5.41. The van der Waals surface area contributed by atoms with E-state index in [0.717, 1.165) is 15.1 Å². The van der Waals surface area contributed by atoms with Crippen LogP contribution in [0.4, 0.5) is 5.69 Å². The van der Waals surface area contributed by atoms with Gasteiger partial charge in [-0.3, -0.25) is 4.79 Å². The van der Waals surface area contributed by atoms with Crippen LogP contribution in [0.25, 0.3) is 0 Å². The zero-order valence-corrected chi connectivity index (χ0v) is 13.3. The molecule has 0 saturated carbocycles. The molecule has 2 rings (SSSR count). The molecule has 0 aromatic heterocycles. The largest absolute Gasteiger partial charge is 0.478 e. The van der Waals surface area contributed by atoms with Crippen LogP contribution in [0.3, 0.4) is 0 Å². The van der Waals surface area contributed by atoms with Crippen molar-refractivity contribution in [2.75, 3.05) is 11.1 Å². The maximum atomic E-state index is 11.8. The Morgan fingerprint density at radius 3 is 2.24 bits per heavy atom. The first-order valence-electron chi connectivity index (χ1n) is 6.06. The third-order valence-electron chi connectivity index (χ3n) is 2.60. The molecule has 0 aliphatic rings. The first-order chi connectivity index (χ1) is 10.0. The Labute approximate surface area is 134 Å². The highest BCUT2D eigenvalue weighted by atomic mass is 79.9. The summed E-state index contributed by atoms with van der Waals surface area (Å²) in [5, 5.41) is 11.6. The van der Waals surface area contributed by atoms with Gasteiger partial charge in [-0.25, -0.2) is 4.79 Å². The first kappa shape index (κ1) is 15.6. The molecule has 0 atom stereocenters. The first-order valence-corrected chi connectivity index (χ1v) is 7.84. The van der Waals surface area contributed by atoms with E-state index in [-0.39, 0.29) is 17.2 Å². The molecule has 0 saturated heterocycles. The molecule has 0 fully saturated rings. The molecule has 21 heavy (non-hydrogen) atoms. The molecule has 0 radical (unpaired) electrons. The van der Waals surface area contributed by atoms with Gasteiger partial charge < -0.3 is 10.4 Å². The Morgan fingerprint density at radius 2 is 1.67 bits per heavy atom. The summed E-state index contributed by atoms with van der Waals surface area (Å²) in [4.78, 5) is 23.4. The monoisotopic (exact) mass is 365 g/mol. The number of amides is 1. The molecule has 0 heterocycles. The Balaban J connectivity index is 1.86. The molecule has 0 bridgehead atoms. The Hall–Kier alpha value is -1.79. The second-order valence-electron chi connectivity index (χ2n) is 4.17. The number of halogens is 1. The number of anilines is 1. The van der Waals surface area contributed by atoms with E-state index in [4.69, 9.17) is 5.11 Å². The molecule has 108 valence electrons. The van der Waals surface area contributed by atoms with Crippen LogP contribution in [0, 0.1) is 0 Å². The fourth-order valence-electron chi connectivity index (χ4n) is 1.57. The zero-order chi connectivity index (χ0) is 15.2. The molecule has 0 aliphatic carbocycles. The van der Waals surface area contributed by atoms with Gasteiger partial charge in [-0.2, -0.15) is 0 Å². The van der Waals surface area contributed by atoms with Crippen LogP contribution in [-0.4, -0.2) is 22.7 Å². The SMILES string of the molecule is O=C(CSc1ccc(C(=O)O)cc1)Nc1ccc(Br)cc1. The topological polar surface area (TPSA) is 66.4 Å². The van der Waals surface area contributed by atoms with Crippen molar-refractivity contribution in [2.45, 2.75) is 4.90 Å². The standard InChI is InChI=1S/C15H12BrNO3S/c16-11-3-5-12(6-4-11)17-14(18)9-21-13-7-1-10(2-8-13)15(19)20/h1-8H,9H2,(H,17,18)(H,19,20). The van der Waals surface area contributed by atoms with Crippen molar-refractivity contribution in [1.82, 2.24) is 0 Å².